The lowest BCUT2D eigenvalue weighted by Crippen LogP contribution is -2.41. The molecule has 36 heavy (non-hydrogen) atoms. The van der Waals surface area contributed by atoms with Gasteiger partial charge in [0.05, 0.1) is 12.7 Å². The molecule has 198 valence electrons. The molecule has 7 nitrogen and oxygen atoms in total. The smallest absolute Gasteiger partial charge is 0.191 e. The Labute approximate surface area is 217 Å². The molecule has 0 amide bonds. The number of ether oxygens (including phenoxy) is 1. The average molecular weight is 514 g/mol. The van der Waals surface area contributed by atoms with Gasteiger partial charge in [-0.2, -0.15) is 0 Å². The van der Waals surface area contributed by atoms with Crippen LogP contribution < -0.4 is 5.32 Å². The third-order valence-corrected chi connectivity index (χ3v) is 11.3. The number of hydrogen-bond acceptors (Lipinski definition) is 7. The van der Waals surface area contributed by atoms with Crippen LogP contribution in [0.1, 0.15) is 79.6 Å². The highest BCUT2D eigenvalue weighted by Gasteiger charge is 2.37. The second-order valence-electron chi connectivity index (χ2n) is 10.8. The van der Waals surface area contributed by atoms with Crippen molar-refractivity contribution in [3.8, 4) is 0 Å². The minimum Gasteiger partial charge on any atom is -0.416 e. The van der Waals surface area contributed by atoms with Crippen molar-refractivity contribution in [1.82, 2.24) is 15.5 Å². The molecule has 0 bridgehead atoms. The van der Waals surface area contributed by atoms with Crippen molar-refractivity contribution in [3.05, 3.63) is 58.9 Å². The van der Waals surface area contributed by atoms with Crippen molar-refractivity contribution in [2.24, 2.45) is 0 Å². The summed E-state index contributed by atoms with van der Waals surface area (Å²) in [5.41, 5.74) is 2.60. The molecule has 2 heterocycles. The number of Topliss-reactive ketones (excluding diaryl/α,β-unsaturated/α-hetero) is 2. The van der Waals surface area contributed by atoms with Crippen molar-refractivity contribution in [2.45, 2.75) is 84.7 Å². The third kappa shape index (κ3) is 9.65. The first-order valence-corrected chi connectivity index (χ1v) is 15.7. The molecule has 1 aromatic heterocycles. The summed E-state index contributed by atoms with van der Waals surface area (Å²) < 4.78 is 11.9. The fraction of sp³-hybridized carbons (Fsp3) is 0.571. The number of nitrogens with one attached hydrogen (secondary N) is 1. The lowest BCUT2D eigenvalue weighted by atomic mass is 10.1. The van der Waals surface area contributed by atoms with Crippen LogP contribution in [-0.2, 0) is 22.2 Å². The first-order valence-electron chi connectivity index (χ1n) is 12.8. The average Bonchev–Trinajstić information content (AvgIpc) is 2.83. The molecule has 1 fully saturated rings. The Bertz CT molecular complexity index is 984. The Hall–Kier alpha value is -2.26. The molecule has 0 saturated carbocycles. The largest absolute Gasteiger partial charge is 0.416 e. The van der Waals surface area contributed by atoms with Gasteiger partial charge in [0.2, 0.25) is 0 Å². The summed E-state index contributed by atoms with van der Waals surface area (Å²) in [6.07, 6.45) is 3.39. The molecule has 0 spiro atoms. The number of rotatable bonds is 9. The molecule has 1 aliphatic heterocycles. The molecule has 2 aromatic rings. The van der Waals surface area contributed by atoms with Crippen LogP contribution in [-0.4, -0.2) is 55.9 Å². The van der Waals surface area contributed by atoms with Crippen LogP contribution in [0.4, 0.5) is 0 Å². The summed E-state index contributed by atoms with van der Waals surface area (Å²) in [4.78, 5) is 23.1. The van der Waals surface area contributed by atoms with E-state index in [0.29, 0.717) is 24.8 Å². The molecule has 1 atom stereocenters. The first kappa shape index (κ1) is 30.0. The monoisotopic (exact) mass is 513 g/mol. The maximum Gasteiger partial charge on any atom is 0.191 e. The topological polar surface area (TPSA) is 90.4 Å². The number of hydrogen-bond donors (Lipinski definition) is 1. The Morgan fingerprint density at radius 2 is 1.78 bits per heavy atom. The maximum atomic E-state index is 11.6. The zero-order valence-corrected chi connectivity index (χ0v) is 24.0. The highest BCUT2D eigenvalue weighted by Crippen LogP contribution is 2.36. The molecule has 1 N–H and O–H groups in total. The van der Waals surface area contributed by atoms with E-state index in [-0.39, 0.29) is 22.3 Å². The lowest BCUT2D eigenvalue weighted by Gasteiger charge is -2.36. The van der Waals surface area contributed by atoms with E-state index >= 15 is 0 Å². The van der Waals surface area contributed by atoms with E-state index < -0.39 is 8.32 Å². The molecule has 1 aromatic carbocycles. The van der Waals surface area contributed by atoms with Crippen molar-refractivity contribution in [1.29, 1.82) is 0 Å². The molecule has 3 rings (SSSR count). The quantitative estimate of drug-likeness (QED) is 0.354. The van der Waals surface area contributed by atoms with Gasteiger partial charge in [0, 0.05) is 27.0 Å². The second kappa shape index (κ2) is 13.9. The minimum atomic E-state index is -1.83. The Balaban J connectivity index is 0.000000278. The molecule has 1 saturated heterocycles. The zero-order chi connectivity index (χ0) is 26.8. The van der Waals surface area contributed by atoms with E-state index in [0.717, 1.165) is 25.3 Å². The molecule has 0 unspecified atom stereocenters. The van der Waals surface area contributed by atoms with Gasteiger partial charge in [0.25, 0.3) is 0 Å². The SMILES string of the molecule is CC(=O)c1cc(CCO[Si](C)(C)C(C)(C)C)c(C(C)=O)nn1.c1ccc(CO[C@@H]2CCCNC2)cc1. The van der Waals surface area contributed by atoms with Gasteiger partial charge in [-0.05, 0) is 61.1 Å². The molecular weight excluding hydrogens is 470 g/mol. The van der Waals surface area contributed by atoms with E-state index in [1.165, 1.54) is 32.3 Å². The van der Waals surface area contributed by atoms with Gasteiger partial charge in [-0.25, -0.2) is 0 Å². The number of benzene rings is 1. The Morgan fingerprint density at radius 1 is 1.08 bits per heavy atom. The highest BCUT2D eigenvalue weighted by molar-refractivity contribution is 6.74. The van der Waals surface area contributed by atoms with Gasteiger partial charge in [-0.3, -0.25) is 9.59 Å². The number of carbonyl (C=O) groups excluding carboxylic acids is 2. The molecule has 0 radical (unpaired) electrons. The summed E-state index contributed by atoms with van der Waals surface area (Å²) in [7, 11) is -1.83. The number of aromatic nitrogens is 2. The van der Waals surface area contributed by atoms with Gasteiger partial charge in [-0.1, -0.05) is 51.1 Å². The van der Waals surface area contributed by atoms with Crippen molar-refractivity contribution in [3.63, 3.8) is 0 Å². The van der Waals surface area contributed by atoms with Gasteiger partial charge >= 0.3 is 0 Å². The number of ketones is 2. The van der Waals surface area contributed by atoms with Crippen LogP contribution in [0.25, 0.3) is 0 Å². The molecule has 0 aliphatic carbocycles. The van der Waals surface area contributed by atoms with Crippen LogP contribution in [0.2, 0.25) is 18.1 Å². The fourth-order valence-corrected chi connectivity index (χ4v) is 4.52. The third-order valence-electron chi connectivity index (χ3n) is 6.79. The summed E-state index contributed by atoms with van der Waals surface area (Å²) in [6.45, 7) is 17.2. The van der Waals surface area contributed by atoms with Crippen molar-refractivity contribution in [2.75, 3.05) is 19.7 Å². The van der Waals surface area contributed by atoms with E-state index in [1.807, 2.05) is 6.07 Å². The summed E-state index contributed by atoms with van der Waals surface area (Å²) >= 11 is 0. The maximum absolute atomic E-state index is 11.6. The van der Waals surface area contributed by atoms with E-state index in [1.54, 1.807) is 6.07 Å². The molecule has 8 heteroatoms. The lowest BCUT2D eigenvalue weighted by molar-refractivity contribution is 0.0253. The van der Waals surface area contributed by atoms with Gasteiger partial charge in [0.15, 0.2) is 19.9 Å². The predicted molar refractivity (Wildman–Crippen MR) is 146 cm³/mol. The fourth-order valence-electron chi connectivity index (χ4n) is 3.47. The van der Waals surface area contributed by atoms with Gasteiger partial charge < -0.3 is 14.5 Å². The van der Waals surface area contributed by atoms with Crippen LogP contribution in [0.3, 0.4) is 0 Å². The normalized spacial score (nSPS) is 16.1. The highest BCUT2D eigenvalue weighted by atomic mass is 28.4. The van der Waals surface area contributed by atoms with Crippen molar-refractivity contribution >= 4 is 19.9 Å². The van der Waals surface area contributed by atoms with E-state index in [9.17, 15) is 9.59 Å². The second-order valence-corrected chi connectivity index (χ2v) is 15.6. The van der Waals surface area contributed by atoms with E-state index in [4.69, 9.17) is 9.16 Å². The zero-order valence-electron chi connectivity index (χ0n) is 23.0. The summed E-state index contributed by atoms with van der Waals surface area (Å²) in [6, 6.07) is 12.0. The minimum absolute atomic E-state index is 0.136. The van der Waals surface area contributed by atoms with E-state index in [2.05, 4.69) is 73.6 Å². The van der Waals surface area contributed by atoms with Crippen LogP contribution in [0.15, 0.2) is 36.4 Å². The van der Waals surface area contributed by atoms with Crippen LogP contribution in [0, 0.1) is 0 Å². The van der Waals surface area contributed by atoms with Crippen LogP contribution in [0.5, 0.6) is 0 Å². The number of piperidine rings is 1. The van der Waals surface area contributed by atoms with Gasteiger partial charge in [0.1, 0.15) is 11.4 Å². The predicted octanol–water partition coefficient (Wildman–Crippen LogP) is 5.40. The number of carbonyl (C=O) groups is 2. The Kier molecular flexibility index (Phi) is 11.6. The van der Waals surface area contributed by atoms with Gasteiger partial charge in [-0.15, -0.1) is 10.2 Å². The number of nitrogens with zero attached hydrogens (tertiary/aromatic N) is 2. The standard InChI is InChI=1S/C16H26N2O3Si.C12H17NO/c1-11(19)14-10-13(15(12(2)20)18-17-14)8-9-21-22(6,7)16(3,4)5;1-2-5-11(6-3-1)10-14-12-7-4-8-13-9-12/h10H,8-9H2,1-7H3;1-3,5-6,12-13H,4,7-10H2/t;12-/m.1/s1. The Morgan fingerprint density at radius 3 is 2.33 bits per heavy atom. The summed E-state index contributed by atoms with van der Waals surface area (Å²) in [5, 5.41) is 11.2. The van der Waals surface area contributed by atoms with Crippen LogP contribution >= 0.6 is 0 Å². The molecule has 1 aliphatic rings. The summed E-state index contributed by atoms with van der Waals surface area (Å²) in [5.74, 6) is -0.306. The van der Waals surface area contributed by atoms with Crippen molar-refractivity contribution < 1.29 is 18.8 Å². The molecular formula is C28H43N3O4Si. The first-order chi connectivity index (χ1) is 16.9.